The van der Waals surface area contributed by atoms with Crippen molar-refractivity contribution in [2.45, 2.75) is 45.4 Å². The third-order valence-electron chi connectivity index (χ3n) is 1.87. The number of carbonyl (C=O) groups excluding carboxylic acids is 1. The molecule has 0 atom stereocenters. The second-order valence-electron chi connectivity index (χ2n) is 3.17. The molecule has 2 heteroatoms. The molecule has 0 fully saturated rings. The number of rotatable bonds is 7. The molecule has 0 saturated heterocycles. The van der Waals surface area contributed by atoms with Crippen molar-refractivity contribution < 1.29 is 9.53 Å². The van der Waals surface area contributed by atoms with Crippen molar-refractivity contribution in [3.63, 3.8) is 0 Å². The summed E-state index contributed by atoms with van der Waals surface area (Å²) in [6.07, 6.45) is 7.21. The molecule has 0 radical (unpaired) electrons. The summed E-state index contributed by atoms with van der Waals surface area (Å²) in [5.41, 5.74) is 0. The van der Waals surface area contributed by atoms with Gasteiger partial charge in [0, 0.05) is 6.42 Å². The molecule has 0 aliphatic carbocycles. The van der Waals surface area contributed by atoms with Crippen molar-refractivity contribution in [1.29, 1.82) is 0 Å². The molecular formula is C13H18O2. The predicted octanol–water partition coefficient (Wildman–Crippen LogP) is 2.53. The van der Waals surface area contributed by atoms with Gasteiger partial charge in [-0.2, -0.15) is 0 Å². The van der Waals surface area contributed by atoms with Crippen LogP contribution in [0.1, 0.15) is 45.4 Å². The number of unbranched alkanes of at least 4 members (excludes halogenated alkanes) is 5. The average molecular weight is 206 g/mol. The molecular weight excluding hydrogens is 188 g/mol. The largest absolute Gasteiger partial charge is 0.455 e. The lowest BCUT2D eigenvalue weighted by Gasteiger charge is -1.93. The molecule has 0 bridgehead atoms. The Labute approximate surface area is 92.4 Å². The van der Waals surface area contributed by atoms with Crippen LogP contribution in [-0.2, 0) is 9.53 Å². The summed E-state index contributed by atoms with van der Waals surface area (Å²) in [6.45, 7) is 2.72. The van der Waals surface area contributed by atoms with Gasteiger partial charge in [-0.15, -0.1) is 0 Å². The van der Waals surface area contributed by atoms with Gasteiger partial charge in [0.05, 0.1) is 0 Å². The molecule has 0 unspecified atom stereocenters. The van der Waals surface area contributed by atoms with Gasteiger partial charge < -0.3 is 4.74 Å². The van der Waals surface area contributed by atoms with E-state index in [1.165, 1.54) is 25.7 Å². The van der Waals surface area contributed by atoms with E-state index in [-0.39, 0.29) is 6.61 Å². The lowest BCUT2D eigenvalue weighted by Crippen LogP contribution is -1.85. The smallest absolute Gasteiger partial charge is 0.294 e. The molecule has 2 nitrogen and oxygen atoms in total. The summed E-state index contributed by atoms with van der Waals surface area (Å²) >= 11 is 0. The van der Waals surface area contributed by atoms with Crippen LogP contribution in [0.4, 0.5) is 0 Å². The minimum absolute atomic E-state index is 0.134. The summed E-state index contributed by atoms with van der Waals surface area (Å²) in [5.74, 6) is 10.9. The van der Waals surface area contributed by atoms with Gasteiger partial charge in [0.25, 0.3) is 6.47 Å². The minimum atomic E-state index is 0.134. The Morgan fingerprint density at radius 3 is 2.53 bits per heavy atom. The first kappa shape index (κ1) is 13.6. The van der Waals surface area contributed by atoms with Crippen LogP contribution in [-0.4, -0.2) is 13.1 Å². The van der Waals surface area contributed by atoms with E-state index in [4.69, 9.17) is 0 Å². The van der Waals surface area contributed by atoms with E-state index in [9.17, 15) is 4.79 Å². The highest BCUT2D eigenvalue weighted by Gasteiger charge is 1.85. The zero-order chi connectivity index (χ0) is 11.2. The third-order valence-corrected chi connectivity index (χ3v) is 1.87. The molecule has 0 aliphatic rings. The van der Waals surface area contributed by atoms with E-state index in [1.54, 1.807) is 0 Å². The van der Waals surface area contributed by atoms with E-state index in [0.29, 0.717) is 6.47 Å². The molecule has 0 aromatic rings. The number of hydrogen-bond donors (Lipinski definition) is 0. The number of carbonyl (C=O) groups is 1. The van der Waals surface area contributed by atoms with E-state index in [0.717, 1.165) is 12.8 Å². The Morgan fingerprint density at radius 2 is 1.80 bits per heavy atom. The molecule has 0 amide bonds. The summed E-state index contributed by atoms with van der Waals surface area (Å²) in [7, 11) is 0. The van der Waals surface area contributed by atoms with Gasteiger partial charge in [-0.3, -0.25) is 4.79 Å². The fraction of sp³-hybridized carbons (Fsp3) is 0.615. The van der Waals surface area contributed by atoms with Crippen molar-refractivity contribution in [1.82, 2.24) is 0 Å². The highest BCUT2D eigenvalue weighted by Crippen LogP contribution is 2.03. The predicted molar refractivity (Wildman–Crippen MR) is 60.9 cm³/mol. The monoisotopic (exact) mass is 206 g/mol. The minimum Gasteiger partial charge on any atom is -0.455 e. The normalized spacial score (nSPS) is 8.07. The van der Waals surface area contributed by atoms with Gasteiger partial charge >= 0.3 is 0 Å². The lowest BCUT2D eigenvalue weighted by atomic mass is 10.1. The molecule has 0 spiro atoms. The lowest BCUT2D eigenvalue weighted by molar-refractivity contribution is -0.127. The molecule has 0 rings (SSSR count). The summed E-state index contributed by atoms with van der Waals surface area (Å²) in [4.78, 5) is 9.74. The molecule has 0 aromatic carbocycles. The molecule has 0 N–H and O–H groups in total. The van der Waals surface area contributed by atoms with Gasteiger partial charge in [-0.1, -0.05) is 38.5 Å². The van der Waals surface area contributed by atoms with Gasteiger partial charge in [-0.25, -0.2) is 0 Å². The Balaban J connectivity index is 3.28. The first-order valence-corrected chi connectivity index (χ1v) is 5.42. The molecule has 15 heavy (non-hydrogen) atoms. The van der Waals surface area contributed by atoms with Crippen LogP contribution in [0.5, 0.6) is 0 Å². The van der Waals surface area contributed by atoms with Gasteiger partial charge in [0.2, 0.25) is 0 Å². The molecule has 0 heterocycles. The van der Waals surface area contributed by atoms with Crippen LogP contribution < -0.4 is 0 Å². The average Bonchev–Trinajstić information content (AvgIpc) is 2.26. The molecule has 0 aromatic heterocycles. The number of ether oxygens (including phenoxy) is 1. The second-order valence-corrected chi connectivity index (χ2v) is 3.17. The van der Waals surface area contributed by atoms with Crippen LogP contribution in [0.3, 0.4) is 0 Å². The van der Waals surface area contributed by atoms with Gasteiger partial charge in [-0.05, 0) is 24.2 Å². The van der Waals surface area contributed by atoms with E-state index >= 15 is 0 Å². The van der Waals surface area contributed by atoms with Crippen molar-refractivity contribution >= 4 is 6.47 Å². The highest BCUT2D eigenvalue weighted by atomic mass is 16.5. The van der Waals surface area contributed by atoms with Crippen molar-refractivity contribution in [3.8, 4) is 23.7 Å². The van der Waals surface area contributed by atoms with Crippen molar-refractivity contribution in [2.24, 2.45) is 0 Å². The van der Waals surface area contributed by atoms with E-state index < -0.39 is 0 Å². The summed E-state index contributed by atoms with van der Waals surface area (Å²) in [6, 6.07) is 0. The van der Waals surface area contributed by atoms with Gasteiger partial charge in [0.15, 0.2) is 6.61 Å². The maximum atomic E-state index is 9.74. The maximum absolute atomic E-state index is 9.74. The zero-order valence-corrected chi connectivity index (χ0v) is 9.34. The van der Waals surface area contributed by atoms with E-state index in [1.807, 2.05) is 0 Å². The van der Waals surface area contributed by atoms with Crippen LogP contribution in [0.2, 0.25) is 0 Å². The first-order valence-electron chi connectivity index (χ1n) is 5.42. The topological polar surface area (TPSA) is 26.3 Å². The fourth-order valence-electron chi connectivity index (χ4n) is 1.08. The Kier molecular flexibility index (Phi) is 11.4. The molecule has 82 valence electrons. The van der Waals surface area contributed by atoms with Crippen LogP contribution >= 0.6 is 0 Å². The zero-order valence-electron chi connectivity index (χ0n) is 9.34. The Bertz CT molecular complexity index is 260. The van der Waals surface area contributed by atoms with E-state index in [2.05, 4.69) is 35.3 Å². The summed E-state index contributed by atoms with van der Waals surface area (Å²) in [5, 5.41) is 0. The van der Waals surface area contributed by atoms with Crippen LogP contribution in [0.25, 0.3) is 0 Å². The van der Waals surface area contributed by atoms with Crippen LogP contribution in [0.15, 0.2) is 0 Å². The van der Waals surface area contributed by atoms with Crippen molar-refractivity contribution in [2.75, 3.05) is 6.61 Å². The fourth-order valence-corrected chi connectivity index (χ4v) is 1.08. The van der Waals surface area contributed by atoms with Crippen molar-refractivity contribution in [3.05, 3.63) is 0 Å². The van der Waals surface area contributed by atoms with Crippen LogP contribution in [0, 0.1) is 23.7 Å². The quantitative estimate of drug-likeness (QED) is 0.363. The second kappa shape index (κ2) is 12.6. The third kappa shape index (κ3) is 12.6. The highest BCUT2D eigenvalue weighted by molar-refractivity contribution is 5.38. The van der Waals surface area contributed by atoms with Gasteiger partial charge in [0.1, 0.15) is 0 Å². The number of hydrogen-bond acceptors (Lipinski definition) is 2. The maximum Gasteiger partial charge on any atom is 0.294 e. The summed E-state index contributed by atoms with van der Waals surface area (Å²) < 4.78 is 4.38. The Morgan fingerprint density at radius 1 is 1.07 bits per heavy atom. The first-order chi connectivity index (χ1) is 7.41. The molecule has 0 saturated carbocycles. The SMILES string of the molecule is CCCCCCCC#CC#CCOC=O. The molecule has 0 aliphatic heterocycles. The standard InChI is InChI=1S/C13H18O2/c1-2-3-4-5-6-7-8-9-10-11-12-15-13-14/h13H,2-7,12H2,1H3. The Hall–Kier alpha value is -1.41.